The van der Waals surface area contributed by atoms with E-state index in [0.29, 0.717) is 17.6 Å². The van der Waals surface area contributed by atoms with Crippen molar-refractivity contribution in [2.24, 2.45) is 5.10 Å². The summed E-state index contributed by atoms with van der Waals surface area (Å²) in [6.07, 6.45) is 0.476. The van der Waals surface area contributed by atoms with Gasteiger partial charge in [0.15, 0.2) is 12.0 Å². The number of carbonyl (C=O) groups excluding carboxylic acids is 2. The molecule has 1 aliphatic heterocycles. The zero-order chi connectivity index (χ0) is 27.6. The quantitative estimate of drug-likeness (QED) is 0.268. The molecule has 6 rings (SSSR count). The molecule has 0 saturated heterocycles. The Bertz CT molecular complexity index is 1840. The highest BCUT2D eigenvalue weighted by Crippen LogP contribution is 2.34. The van der Waals surface area contributed by atoms with E-state index in [-0.39, 0.29) is 16.8 Å². The fraction of sp³-hybridized carbons (Fsp3) is 0.125. The van der Waals surface area contributed by atoms with Crippen molar-refractivity contribution in [3.05, 3.63) is 124 Å². The summed E-state index contributed by atoms with van der Waals surface area (Å²) in [6.45, 7) is -0.573. The van der Waals surface area contributed by atoms with Gasteiger partial charge in [-0.1, -0.05) is 60.7 Å². The third kappa shape index (κ3) is 4.82. The van der Waals surface area contributed by atoms with Gasteiger partial charge in [0.1, 0.15) is 11.3 Å². The molecule has 8 nitrogen and oxygen atoms in total. The summed E-state index contributed by atoms with van der Waals surface area (Å²) in [4.78, 5) is 38.5. The number of nitrogens with zero attached hydrogens (tertiary/aromatic N) is 2. The summed E-state index contributed by atoms with van der Waals surface area (Å²) < 4.78 is 16.1. The molecular weight excluding hydrogens is 508 g/mol. The number of para-hydroxylation sites is 1. The van der Waals surface area contributed by atoms with Crippen LogP contribution in [0.1, 0.15) is 34.1 Å². The Morgan fingerprint density at radius 1 is 0.925 bits per heavy atom. The van der Waals surface area contributed by atoms with Crippen molar-refractivity contribution in [1.82, 2.24) is 5.01 Å². The highest BCUT2D eigenvalue weighted by molar-refractivity contribution is 6.05. The Morgan fingerprint density at radius 2 is 1.68 bits per heavy atom. The first-order chi connectivity index (χ1) is 19.5. The monoisotopic (exact) mass is 532 g/mol. The zero-order valence-corrected chi connectivity index (χ0v) is 21.6. The highest BCUT2D eigenvalue weighted by atomic mass is 16.5. The first-order valence-corrected chi connectivity index (χ1v) is 12.7. The summed E-state index contributed by atoms with van der Waals surface area (Å²) in [5, 5.41) is 8.56. The van der Waals surface area contributed by atoms with Gasteiger partial charge >= 0.3 is 5.97 Å². The molecule has 198 valence electrons. The van der Waals surface area contributed by atoms with Gasteiger partial charge in [-0.15, -0.1) is 0 Å². The number of hydrazone groups is 1. The number of ether oxygens (including phenoxy) is 2. The van der Waals surface area contributed by atoms with Gasteiger partial charge in [0.2, 0.25) is 5.76 Å². The molecule has 1 amide bonds. The molecule has 1 aromatic heterocycles. The van der Waals surface area contributed by atoms with E-state index >= 15 is 0 Å². The van der Waals surface area contributed by atoms with Crippen LogP contribution in [0.3, 0.4) is 0 Å². The van der Waals surface area contributed by atoms with Crippen LogP contribution in [-0.2, 0) is 9.53 Å². The van der Waals surface area contributed by atoms with E-state index < -0.39 is 24.5 Å². The van der Waals surface area contributed by atoms with Crippen molar-refractivity contribution in [2.75, 3.05) is 13.7 Å². The number of carbonyl (C=O) groups is 2. The molecule has 5 aromatic rings. The number of hydrogen-bond acceptors (Lipinski definition) is 7. The fourth-order valence-corrected chi connectivity index (χ4v) is 4.84. The van der Waals surface area contributed by atoms with Crippen LogP contribution in [0.5, 0.6) is 5.75 Å². The topological polar surface area (TPSA) is 98.4 Å². The van der Waals surface area contributed by atoms with E-state index in [1.807, 2.05) is 60.7 Å². The second kappa shape index (κ2) is 10.5. The molecule has 0 unspecified atom stereocenters. The second-order valence-corrected chi connectivity index (χ2v) is 9.39. The molecule has 0 N–H and O–H groups in total. The molecule has 0 bridgehead atoms. The van der Waals surface area contributed by atoms with E-state index in [4.69, 9.17) is 13.9 Å². The molecule has 1 aliphatic rings. The van der Waals surface area contributed by atoms with Crippen molar-refractivity contribution in [2.45, 2.75) is 12.5 Å². The van der Waals surface area contributed by atoms with Gasteiger partial charge in [-0.2, -0.15) is 5.10 Å². The van der Waals surface area contributed by atoms with Crippen LogP contribution in [-0.4, -0.2) is 36.3 Å². The number of benzene rings is 4. The average molecular weight is 533 g/mol. The van der Waals surface area contributed by atoms with Crippen LogP contribution >= 0.6 is 0 Å². The fourth-order valence-electron chi connectivity index (χ4n) is 4.84. The number of methoxy groups -OCH3 is 1. The predicted molar refractivity (Wildman–Crippen MR) is 150 cm³/mol. The molecule has 0 aliphatic carbocycles. The van der Waals surface area contributed by atoms with Crippen molar-refractivity contribution < 1.29 is 23.5 Å². The minimum absolute atomic E-state index is 0.261. The third-order valence-corrected chi connectivity index (χ3v) is 6.91. The second-order valence-electron chi connectivity index (χ2n) is 9.39. The van der Waals surface area contributed by atoms with Crippen LogP contribution in [0.2, 0.25) is 0 Å². The van der Waals surface area contributed by atoms with Crippen molar-refractivity contribution in [3.8, 4) is 5.75 Å². The lowest BCUT2D eigenvalue weighted by atomic mass is 9.97. The van der Waals surface area contributed by atoms with Crippen LogP contribution in [0.4, 0.5) is 0 Å². The van der Waals surface area contributed by atoms with E-state index in [1.54, 1.807) is 31.4 Å². The molecule has 8 heteroatoms. The zero-order valence-electron chi connectivity index (χ0n) is 21.6. The lowest BCUT2D eigenvalue weighted by Gasteiger charge is -2.22. The van der Waals surface area contributed by atoms with E-state index in [1.165, 1.54) is 5.01 Å². The molecule has 1 atom stereocenters. The largest absolute Gasteiger partial charge is 0.497 e. The van der Waals surface area contributed by atoms with Crippen LogP contribution in [0.25, 0.3) is 21.7 Å². The molecule has 2 heterocycles. The van der Waals surface area contributed by atoms with Crippen LogP contribution < -0.4 is 10.2 Å². The molecule has 40 heavy (non-hydrogen) atoms. The van der Waals surface area contributed by atoms with E-state index in [9.17, 15) is 14.4 Å². The predicted octanol–water partition coefficient (Wildman–Crippen LogP) is 5.49. The Balaban J connectivity index is 1.26. The van der Waals surface area contributed by atoms with Crippen molar-refractivity contribution in [1.29, 1.82) is 0 Å². The maximum atomic E-state index is 13.4. The SMILES string of the molecule is COc1ccc([C@H]2CC(c3ccc4ccccc4c3)=NN2C(=O)COC(=O)c2cc(=O)c3ccccc3o2)cc1. The summed E-state index contributed by atoms with van der Waals surface area (Å²) >= 11 is 0. The van der Waals surface area contributed by atoms with E-state index in [2.05, 4.69) is 11.2 Å². The summed E-state index contributed by atoms with van der Waals surface area (Å²) in [6, 6.07) is 28.8. The first-order valence-electron chi connectivity index (χ1n) is 12.7. The Morgan fingerprint density at radius 3 is 2.48 bits per heavy atom. The number of amides is 1. The maximum Gasteiger partial charge on any atom is 0.374 e. The molecular formula is C32H24N2O6. The summed E-state index contributed by atoms with van der Waals surface area (Å²) in [5.41, 5.74) is 2.40. The Labute approximate surface area is 229 Å². The maximum absolute atomic E-state index is 13.4. The Kier molecular flexibility index (Phi) is 6.57. The molecule has 0 fully saturated rings. The molecule has 0 radical (unpaired) electrons. The van der Waals surface area contributed by atoms with Crippen LogP contribution in [0, 0.1) is 0 Å². The van der Waals surface area contributed by atoms with Gasteiger partial charge in [0.05, 0.1) is 24.2 Å². The summed E-state index contributed by atoms with van der Waals surface area (Å²) in [7, 11) is 1.59. The lowest BCUT2D eigenvalue weighted by Crippen LogP contribution is -2.31. The molecule has 0 saturated carbocycles. The average Bonchev–Trinajstić information content (AvgIpc) is 3.45. The summed E-state index contributed by atoms with van der Waals surface area (Å²) in [5.74, 6) is -0.991. The van der Waals surface area contributed by atoms with Gasteiger partial charge in [0.25, 0.3) is 5.91 Å². The van der Waals surface area contributed by atoms with Crippen molar-refractivity contribution in [3.63, 3.8) is 0 Å². The highest BCUT2D eigenvalue weighted by Gasteiger charge is 2.34. The number of hydrogen-bond donors (Lipinski definition) is 0. The number of rotatable bonds is 6. The van der Waals surface area contributed by atoms with Gasteiger partial charge < -0.3 is 13.9 Å². The molecule has 4 aromatic carbocycles. The van der Waals surface area contributed by atoms with Gasteiger partial charge in [-0.05, 0) is 52.2 Å². The molecule has 0 spiro atoms. The normalized spacial score (nSPS) is 14.8. The van der Waals surface area contributed by atoms with Gasteiger partial charge in [0, 0.05) is 12.5 Å². The van der Waals surface area contributed by atoms with Crippen molar-refractivity contribution >= 4 is 39.3 Å². The minimum Gasteiger partial charge on any atom is -0.497 e. The standard InChI is InChI=1S/C32H24N2O6/c1-38-24-14-12-21(13-15-24)27-17-26(23-11-10-20-6-2-3-7-22(20)16-23)33-34(27)31(36)19-39-32(37)30-18-28(35)25-8-4-5-9-29(25)40-30/h2-16,18,27H,17,19H2,1H3/t27-/m1/s1. The van der Waals surface area contributed by atoms with Gasteiger partial charge in [-0.3, -0.25) is 9.59 Å². The van der Waals surface area contributed by atoms with Gasteiger partial charge in [-0.25, -0.2) is 9.80 Å². The smallest absolute Gasteiger partial charge is 0.374 e. The minimum atomic E-state index is -0.907. The van der Waals surface area contributed by atoms with E-state index in [0.717, 1.165) is 33.7 Å². The van der Waals surface area contributed by atoms with Crippen LogP contribution in [0.15, 0.2) is 111 Å². The number of fused-ring (bicyclic) bond motifs is 2. The third-order valence-electron chi connectivity index (χ3n) is 6.91. The Hall–Kier alpha value is -5.24. The lowest BCUT2D eigenvalue weighted by molar-refractivity contribution is -0.136. The number of esters is 1. The first kappa shape index (κ1) is 25.1.